The Hall–Kier alpha value is -8.58. The molecule has 0 aromatic heterocycles. The SMILES string of the molecule is Cc1cc(C)c(C)cc1C.Cc1ccc(-c2cccc(C)c2)cc1.Cc1ccc(-c2ccccc2C)cc1.Cc1ccc2c(c1)C(C)(C)c1cc(C)ccc1-2.Cc1cccc(-c2cccc(C)c2)c1.Cc1ccccc1-c1ccccc1C. The molecule has 0 aliphatic heterocycles. The van der Waals surface area contributed by atoms with Gasteiger partial charge in [-0.3, -0.25) is 0 Å². The minimum Gasteiger partial charge on any atom is -0.0620 e. The lowest BCUT2D eigenvalue weighted by Gasteiger charge is -2.22. The van der Waals surface area contributed by atoms with Crippen LogP contribution in [0.25, 0.3) is 55.6 Å². The summed E-state index contributed by atoms with van der Waals surface area (Å²) in [6.45, 7) is 34.7. The van der Waals surface area contributed by atoms with Crippen LogP contribution >= 0.6 is 0 Å². The number of aryl methyl sites for hydroxylation is 14. The molecule has 11 aromatic carbocycles. The highest BCUT2D eigenvalue weighted by atomic mass is 14.4. The quantitative estimate of drug-likeness (QED) is 0.165. The zero-order valence-corrected chi connectivity index (χ0v) is 52.6. The van der Waals surface area contributed by atoms with Crippen molar-refractivity contribution in [1.29, 1.82) is 0 Å². The number of hydrogen-bond acceptors (Lipinski definition) is 0. The van der Waals surface area contributed by atoms with Crippen LogP contribution in [0.5, 0.6) is 0 Å². The monoisotopic (exact) mass is 1080 g/mol. The largest absolute Gasteiger partial charge is 0.0620 e. The van der Waals surface area contributed by atoms with Crippen LogP contribution in [0.1, 0.15) is 103 Å². The summed E-state index contributed by atoms with van der Waals surface area (Å²) in [5, 5.41) is 0. The summed E-state index contributed by atoms with van der Waals surface area (Å²) in [7, 11) is 0. The first-order valence-corrected chi connectivity index (χ1v) is 29.5. The van der Waals surface area contributed by atoms with Gasteiger partial charge in [-0.05, 0) is 203 Å². The lowest BCUT2D eigenvalue weighted by molar-refractivity contribution is 0.659. The van der Waals surface area contributed by atoms with Crippen LogP contribution in [0.2, 0.25) is 0 Å². The van der Waals surface area contributed by atoms with Crippen molar-refractivity contribution in [2.45, 2.75) is 116 Å². The fourth-order valence-corrected chi connectivity index (χ4v) is 10.7. The second-order valence-corrected chi connectivity index (χ2v) is 23.5. The van der Waals surface area contributed by atoms with Crippen molar-refractivity contribution >= 4 is 0 Å². The predicted molar refractivity (Wildman–Crippen MR) is 364 cm³/mol. The zero-order chi connectivity index (χ0) is 59.8. The lowest BCUT2D eigenvalue weighted by Crippen LogP contribution is -2.15. The second kappa shape index (κ2) is 28.9. The molecule has 0 amide bonds. The van der Waals surface area contributed by atoms with Gasteiger partial charge in [-0.1, -0.05) is 295 Å². The Bertz CT molecular complexity index is 3710. The molecular weight excluding hydrogens is 997 g/mol. The van der Waals surface area contributed by atoms with Crippen molar-refractivity contribution in [1.82, 2.24) is 0 Å². The number of benzene rings is 11. The van der Waals surface area contributed by atoms with Gasteiger partial charge < -0.3 is 0 Å². The third-order valence-corrected chi connectivity index (χ3v) is 16.0. The van der Waals surface area contributed by atoms with Gasteiger partial charge in [-0.25, -0.2) is 0 Å². The number of rotatable bonds is 4. The molecule has 0 bridgehead atoms. The predicted octanol–water partition coefficient (Wildman–Crippen LogP) is 23.4. The molecule has 11 aromatic rings. The van der Waals surface area contributed by atoms with E-state index in [1.54, 1.807) is 0 Å². The molecule has 12 rings (SSSR count). The van der Waals surface area contributed by atoms with Crippen molar-refractivity contribution in [3.05, 3.63) is 332 Å². The second-order valence-electron chi connectivity index (χ2n) is 23.5. The van der Waals surface area contributed by atoms with Crippen LogP contribution in [0, 0.1) is 96.9 Å². The van der Waals surface area contributed by atoms with Gasteiger partial charge in [-0.2, -0.15) is 0 Å². The topological polar surface area (TPSA) is 0 Å². The van der Waals surface area contributed by atoms with Gasteiger partial charge >= 0.3 is 0 Å². The zero-order valence-electron chi connectivity index (χ0n) is 52.6. The maximum Gasteiger partial charge on any atom is 0.0159 e. The Morgan fingerprint density at radius 3 is 0.807 bits per heavy atom. The van der Waals surface area contributed by atoms with Crippen molar-refractivity contribution < 1.29 is 0 Å². The van der Waals surface area contributed by atoms with Gasteiger partial charge in [0.05, 0.1) is 0 Å². The standard InChI is InChI=1S/C17H18.4C14H14.C10H14/c1-11-5-7-13-14-8-6-12(2)10-16(14)17(3,4)15(13)9-11;1-11-5-3-7-13(9-11)14-8-4-6-12(2)10-14;1-11-7-3-5-9-13(11)14-10-6-4-8-12(14)2;1-11-6-8-13(9-7-11)14-5-3-4-12(2)10-14;1-11-7-9-13(10-8-11)14-6-4-3-5-12(14)2;1-7-5-9(3)10(4)6-8(7)2/h5-10H,1-4H3;4*3-10H,1-2H3;5-6H,1-4H3. The highest BCUT2D eigenvalue weighted by Crippen LogP contribution is 2.49. The highest BCUT2D eigenvalue weighted by molar-refractivity contribution is 5.81. The van der Waals surface area contributed by atoms with Crippen molar-refractivity contribution in [2.24, 2.45) is 0 Å². The van der Waals surface area contributed by atoms with Crippen LogP contribution in [0.4, 0.5) is 0 Å². The summed E-state index contributed by atoms with van der Waals surface area (Å²) in [5.74, 6) is 0. The van der Waals surface area contributed by atoms with Gasteiger partial charge in [-0.15, -0.1) is 0 Å². The highest BCUT2D eigenvalue weighted by Gasteiger charge is 2.35. The van der Waals surface area contributed by atoms with Gasteiger partial charge in [0.2, 0.25) is 0 Å². The van der Waals surface area contributed by atoms with Crippen molar-refractivity contribution in [2.75, 3.05) is 0 Å². The maximum absolute atomic E-state index is 2.34. The third-order valence-electron chi connectivity index (χ3n) is 16.0. The van der Waals surface area contributed by atoms with Crippen LogP contribution in [0.3, 0.4) is 0 Å². The van der Waals surface area contributed by atoms with E-state index >= 15 is 0 Å². The van der Waals surface area contributed by atoms with E-state index in [0.29, 0.717) is 0 Å². The van der Waals surface area contributed by atoms with Gasteiger partial charge in [0.15, 0.2) is 0 Å². The molecule has 0 atom stereocenters. The molecule has 0 fully saturated rings. The van der Waals surface area contributed by atoms with E-state index in [9.17, 15) is 0 Å². The van der Waals surface area contributed by atoms with E-state index in [2.05, 4.69) is 353 Å². The van der Waals surface area contributed by atoms with E-state index in [1.165, 1.54) is 145 Å². The van der Waals surface area contributed by atoms with E-state index in [0.717, 1.165) is 0 Å². The minimum atomic E-state index is 0.142. The van der Waals surface area contributed by atoms with E-state index in [-0.39, 0.29) is 5.41 Å². The van der Waals surface area contributed by atoms with E-state index in [1.807, 2.05) is 0 Å². The van der Waals surface area contributed by atoms with Crippen LogP contribution in [0.15, 0.2) is 243 Å². The molecule has 0 spiro atoms. The van der Waals surface area contributed by atoms with Crippen LogP contribution in [-0.4, -0.2) is 0 Å². The molecule has 0 nitrogen and oxygen atoms in total. The summed E-state index contributed by atoms with van der Waals surface area (Å²) in [4.78, 5) is 0. The maximum atomic E-state index is 2.34. The normalized spacial score (nSPS) is 11.2. The van der Waals surface area contributed by atoms with Crippen molar-refractivity contribution in [3.8, 4) is 55.6 Å². The Kier molecular flexibility index (Phi) is 21.6. The third kappa shape index (κ3) is 17.0. The first-order valence-electron chi connectivity index (χ1n) is 29.5. The van der Waals surface area contributed by atoms with Crippen molar-refractivity contribution in [3.63, 3.8) is 0 Å². The summed E-state index contributed by atoms with van der Waals surface area (Å²) >= 11 is 0. The van der Waals surface area contributed by atoms with Gasteiger partial charge in [0.25, 0.3) is 0 Å². The van der Waals surface area contributed by atoms with Gasteiger partial charge in [0.1, 0.15) is 0 Å². The number of fused-ring (bicyclic) bond motifs is 3. The van der Waals surface area contributed by atoms with Gasteiger partial charge in [0, 0.05) is 5.41 Å². The molecule has 0 heterocycles. The molecule has 420 valence electrons. The molecule has 0 N–H and O–H groups in total. The van der Waals surface area contributed by atoms with E-state index < -0.39 is 0 Å². The first-order chi connectivity index (χ1) is 39.7. The Balaban J connectivity index is 0.000000144. The van der Waals surface area contributed by atoms with Crippen LogP contribution < -0.4 is 0 Å². The molecule has 0 saturated heterocycles. The molecule has 83 heavy (non-hydrogen) atoms. The molecular formula is C83H88. The Morgan fingerprint density at radius 1 is 0.181 bits per heavy atom. The smallest absolute Gasteiger partial charge is 0.0159 e. The molecule has 0 saturated carbocycles. The molecule has 1 aliphatic rings. The summed E-state index contributed by atoms with van der Waals surface area (Å²) < 4.78 is 0. The summed E-state index contributed by atoms with van der Waals surface area (Å²) in [6, 6.07) is 86.7. The fourth-order valence-electron chi connectivity index (χ4n) is 10.7. The lowest BCUT2D eigenvalue weighted by atomic mass is 9.81. The minimum absolute atomic E-state index is 0.142. The summed E-state index contributed by atoms with van der Waals surface area (Å²) in [5.41, 5.74) is 35.2. The average Bonchev–Trinajstić information content (AvgIpc) is 3.69. The molecule has 0 heteroatoms. The Morgan fingerprint density at radius 2 is 0.470 bits per heavy atom. The molecule has 0 radical (unpaired) electrons. The average molecular weight is 1090 g/mol. The number of hydrogen-bond donors (Lipinski definition) is 0. The molecule has 0 unspecified atom stereocenters. The first kappa shape index (κ1) is 62.0. The summed E-state index contributed by atoms with van der Waals surface area (Å²) in [6.07, 6.45) is 0. The Labute approximate surface area is 500 Å². The van der Waals surface area contributed by atoms with Crippen LogP contribution in [-0.2, 0) is 5.41 Å². The fraction of sp³-hybridized carbons (Fsp3) is 0.205. The van der Waals surface area contributed by atoms with E-state index in [4.69, 9.17) is 0 Å². The molecule has 1 aliphatic carbocycles.